The lowest BCUT2D eigenvalue weighted by atomic mass is 9.95. The lowest BCUT2D eigenvalue weighted by molar-refractivity contribution is -0.123. The number of amides is 1. The van der Waals surface area contributed by atoms with Crippen LogP contribution >= 0.6 is 11.6 Å². The Morgan fingerprint density at radius 2 is 2.08 bits per heavy atom. The molecule has 0 radical (unpaired) electrons. The van der Waals surface area contributed by atoms with Crippen LogP contribution in [0.2, 0.25) is 5.02 Å². The molecule has 1 saturated carbocycles. The number of pyridine rings is 1. The van der Waals surface area contributed by atoms with E-state index in [1.807, 2.05) is 54.1 Å². The van der Waals surface area contributed by atoms with Crippen LogP contribution in [0.4, 0.5) is 0 Å². The van der Waals surface area contributed by atoms with Crippen molar-refractivity contribution in [2.75, 3.05) is 0 Å². The van der Waals surface area contributed by atoms with Gasteiger partial charge in [-0.3, -0.25) is 9.36 Å². The minimum atomic E-state index is -0.429. The van der Waals surface area contributed by atoms with Crippen molar-refractivity contribution in [2.24, 2.45) is 0 Å². The number of nitrogens with zero attached hydrogens (tertiary/aromatic N) is 3. The Morgan fingerprint density at radius 3 is 2.77 bits per heavy atom. The second-order valence-electron chi connectivity index (χ2n) is 6.64. The quantitative estimate of drug-likeness (QED) is 0.750. The molecule has 132 valence electrons. The molecule has 1 aliphatic rings. The fourth-order valence-corrected chi connectivity index (χ4v) is 3.42. The number of aryl methyl sites for hydroxylation is 1. The van der Waals surface area contributed by atoms with Gasteiger partial charge in [0, 0.05) is 30.2 Å². The number of aromatic nitrogens is 3. The van der Waals surface area contributed by atoms with E-state index in [9.17, 15) is 4.79 Å². The van der Waals surface area contributed by atoms with Gasteiger partial charge in [0.25, 0.3) is 0 Å². The van der Waals surface area contributed by atoms with Crippen LogP contribution in [0.15, 0.2) is 55.0 Å². The van der Waals surface area contributed by atoms with Crippen molar-refractivity contribution in [3.05, 3.63) is 77.0 Å². The van der Waals surface area contributed by atoms with Crippen molar-refractivity contribution in [1.29, 1.82) is 0 Å². The number of nitrogens with one attached hydrogen (secondary N) is 1. The Kier molecular flexibility index (Phi) is 4.24. The fourth-order valence-electron chi connectivity index (χ4n) is 3.23. The third-order valence-electron chi connectivity index (χ3n) is 4.90. The minimum absolute atomic E-state index is 0.0527. The van der Waals surface area contributed by atoms with Gasteiger partial charge in [-0.25, -0.2) is 9.97 Å². The smallest absolute Gasteiger partial charge is 0.230 e. The molecule has 1 N–H and O–H groups in total. The third-order valence-corrected chi connectivity index (χ3v) is 5.13. The topological polar surface area (TPSA) is 59.8 Å². The molecule has 0 atom stereocenters. The first-order valence-corrected chi connectivity index (χ1v) is 8.96. The molecule has 3 aromatic rings. The third kappa shape index (κ3) is 3.10. The normalized spacial score (nSPS) is 14.8. The summed E-state index contributed by atoms with van der Waals surface area (Å²) in [6.07, 6.45) is 7.08. The van der Waals surface area contributed by atoms with Crippen LogP contribution in [0, 0.1) is 6.92 Å². The molecule has 1 fully saturated rings. The summed E-state index contributed by atoms with van der Waals surface area (Å²) < 4.78 is 1.92. The minimum Gasteiger partial charge on any atom is -0.351 e. The summed E-state index contributed by atoms with van der Waals surface area (Å²) in [5.74, 6) is 1.72. The maximum absolute atomic E-state index is 12.8. The molecular formula is C20H19ClN4O. The van der Waals surface area contributed by atoms with Gasteiger partial charge in [0.1, 0.15) is 11.6 Å². The van der Waals surface area contributed by atoms with Crippen molar-refractivity contribution in [3.63, 3.8) is 0 Å². The molecule has 1 amide bonds. The zero-order valence-electron chi connectivity index (χ0n) is 14.4. The van der Waals surface area contributed by atoms with E-state index < -0.39 is 5.41 Å². The number of carbonyl (C=O) groups excluding carboxylic acids is 1. The summed E-state index contributed by atoms with van der Waals surface area (Å²) >= 11 is 6.09. The molecule has 2 aromatic heterocycles. The van der Waals surface area contributed by atoms with Crippen molar-refractivity contribution in [1.82, 2.24) is 19.9 Å². The van der Waals surface area contributed by atoms with Gasteiger partial charge in [-0.15, -0.1) is 0 Å². The monoisotopic (exact) mass is 366 g/mol. The van der Waals surface area contributed by atoms with Crippen LogP contribution in [-0.2, 0) is 16.8 Å². The summed E-state index contributed by atoms with van der Waals surface area (Å²) in [6.45, 7) is 2.39. The van der Waals surface area contributed by atoms with Gasteiger partial charge < -0.3 is 5.32 Å². The zero-order chi connectivity index (χ0) is 18.1. The molecule has 1 aliphatic carbocycles. The second-order valence-corrected chi connectivity index (χ2v) is 7.08. The lowest BCUT2D eigenvalue weighted by Crippen LogP contribution is -2.34. The van der Waals surface area contributed by atoms with Crippen LogP contribution in [-0.4, -0.2) is 20.4 Å². The average molecular weight is 367 g/mol. The molecule has 2 heterocycles. The number of imidazole rings is 1. The Hall–Kier alpha value is -2.66. The summed E-state index contributed by atoms with van der Waals surface area (Å²) in [5, 5.41) is 3.74. The highest BCUT2D eigenvalue weighted by Gasteiger charge is 2.51. The highest BCUT2D eigenvalue weighted by Crippen LogP contribution is 2.48. The summed E-state index contributed by atoms with van der Waals surface area (Å²) in [7, 11) is 0. The average Bonchev–Trinajstić information content (AvgIpc) is 3.35. The molecule has 0 saturated heterocycles. The van der Waals surface area contributed by atoms with Crippen LogP contribution in [0.3, 0.4) is 0 Å². The molecule has 0 bridgehead atoms. The Morgan fingerprint density at radius 1 is 1.23 bits per heavy atom. The van der Waals surface area contributed by atoms with Gasteiger partial charge >= 0.3 is 0 Å². The second kappa shape index (κ2) is 6.57. The van der Waals surface area contributed by atoms with Gasteiger partial charge in [0.2, 0.25) is 5.91 Å². The van der Waals surface area contributed by atoms with Crippen molar-refractivity contribution in [3.8, 4) is 5.82 Å². The number of benzene rings is 1. The fraction of sp³-hybridized carbons (Fsp3) is 0.250. The summed E-state index contributed by atoms with van der Waals surface area (Å²) in [5.41, 5.74) is 1.56. The molecule has 0 aliphatic heterocycles. The molecule has 0 unspecified atom stereocenters. The number of rotatable bonds is 5. The highest BCUT2D eigenvalue weighted by atomic mass is 35.5. The SMILES string of the molecule is Cc1nccn1-c1cc(CNC(=O)C2(c3cccc(Cl)c3)CC2)ccn1. The molecule has 4 rings (SSSR count). The van der Waals surface area contributed by atoms with Crippen LogP contribution in [0.1, 0.15) is 29.8 Å². The molecule has 5 nitrogen and oxygen atoms in total. The molecule has 1 aromatic carbocycles. The Balaban J connectivity index is 1.48. The summed E-state index contributed by atoms with van der Waals surface area (Å²) in [4.78, 5) is 21.4. The van der Waals surface area contributed by atoms with Crippen LogP contribution in [0.5, 0.6) is 0 Å². The van der Waals surface area contributed by atoms with Crippen molar-refractivity contribution >= 4 is 17.5 Å². The first kappa shape index (κ1) is 16.8. The predicted octanol–water partition coefficient (Wildman–Crippen LogP) is 3.58. The maximum atomic E-state index is 12.8. The molecule has 6 heteroatoms. The van der Waals surface area contributed by atoms with E-state index in [-0.39, 0.29) is 5.91 Å². The van der Waals surface area contributed by atoms with E-state index in [4.69, 9.17) is 11.6 Å². The van der Waals surface area contributed by atoms with Gasteiger partial charge in [-0.05, 0) is 55.2 Å². The largest absolute Gasteiger partial charge is 0.351 e. The van der Waals surface area contributed by atoms with Crippen LogP contribution < -0.4 is 5.32 Å². The van der Waals surface area contributed by atoms with Gasteiger partial charge in [0.05, 0.1) is 5.41 Å². The standard InChI is InChI=1S/C20H19ClN4O/c1-14-22-9-10-25(14)18-11-15(5-8-23-18)13-24-19(26)20(6-7-20)16-3-2-4-17(21)12-16/h2-5,8-12H,6-7,13H2,1H3,(H,24,26). The van der Waals surface area contributed by atoms with Gasteiger partial charge in [-0.2, -0.15) is 0 Å². The van der Waals surface area contributed by atoms with Crippen molar-refractivity contribution < 1.29 is 4.79 Å². The molecule has 0 spiro atoms. The molecule has 26 heavy (non-hydrogen) atoms. The Labute approximate surface area is 157 Å². The van der Waals surface area contributed by atoms with Crippen molar-refractivity contribution in [2.45, 2.75) is 31.7 Å². The van der Waals surface area contributed by atoms with Gasteiger partial charge in [0.15, 0.2) is 0 Å². The van der Waals surface area contributed by atoms with E-state index in [1.165, 1.54) is 0 Å². The van der Waals surface area contributed by atoms with E-state index in [0.717, 1.165) is 35.6 Å². The number of hydrogen-bond acceptors (Lipinski definition) is 3. The lowest BCUT2D eigenvalue weighted by Gasteiger charge is -2.16. The van der Waals surface area contributed by atoms with E-state index in [1.54, 1.807) is 12.4 Å². The van der Waals surface area contributed by atoms with E-state index >= 15 is 0 Å². The van der Waals surface area contributed by atoms with Gasteiger partial charge in [-0.1, -0.05) is 23.7 Å². The first-order valence-electron chi connectivity index (χ1n) is 8.58. The first-order chi connectivity index (χ1) is 12.6. The zero-order valence-corrected chi connectivity index (χ0v) is 15.2. The Bertz CT molecular complexity index is 962. The number of carbonyl (C=O) groups is 1. The number of hydrogen-bond donors (Lipinski definition) is 1. The number of halogens is 1. The van der Waals surface area contributed by atoms with E-state index in [0.29, 0.717) is 11.6 Å². The summed E-state index contributed by atoms with van der Waals surface area (Å²) in [6, 6.07) is 11.5. The maximum Gasteiger partial charge on any atom is 0.230 e. The van der Waals surface area contributed by atoms with E-state index in [2.05, 4.69) is 15.3 Å². The molecular weight excluding hydrogens is 348 g/mol. The highest BCUT2D eigenvalue weighted by molar-refractivity contribution is 6.30. The predicted molar refractivity (Wildman–Crippen MR) is 100 cm³/mol. The van der Waals surface area contributed by atoms with Crippen LogP contribution in [0.25, 0.3) is 5.82 Å².